The normalized spacial score (nSPS) is 11.4. The van der Waals surface area contributed by atoms with Crippen LogP contribution in [0.15, 0.2) is 29.4 Å². The molecule has 0 bridgehead atoms. The van der Waals surface area contributed by atoms with Gasteiger partial charge in [0.15, 0.2) is 9.84 Å². The van der Waals surface area contributed by atoms with Gasteiger partial charge >= 0.3 is 0 Å². The molecule has 0 unspecified atom stereocenters. The Morgan fingerprint density at radius 1 is 1.30 bits per heavy atom. The second kappa shape index (κ2) is 5.34. The lowest BCUT2D eigenvalue weighted by atomic mass is 10.3. The minimum atomic E-state index is -3.44. The average molecular weight is 316 g/mol. The SMILES string of the molecule is Cc1c(Cl)ncnc1Nc1ccc(S(C)(=O)=O)cc1F. The lowest BCUT2D eigenvalue weighted by Crippen LogP contribution is -2.02. The highest BCUT2D eigenvalue weighted by Gasteiger charge is 2.12. The molecule has 0 saturated carbocycles. The first-order chi connectivity index (χ1) is 9.29. The van der Waals surface area contributed by atoms with E-state index in [1.54, 1.807) is 6.92 Å². The first-order valence-corrected chi connectivity index (χ1v) is 7.79. The van der Waals surface area contributed by atoms with Crippen molar-refractivity contribution in [2.24, 2.45) is 0 Å². The predicted molar refractivity (Wildman–Crippen MR) is 74.6 cm³/mol. The smallest absolute Gasteiger partial charge is 0.175 e. The van der Waals surface area contributed by atoms with Crippen LogP contribution in [0, 0.1) is 12.7 Å². The molecule has 1 aromatic carbocycles. The van der Waals surface area contributed by atoms with E-state index in [0.717, 1.165) is 12.3 Å². The first-order valence-electron chi connectivity index (χ1n) is 5.53. The topological polar surface area (TPSA) is 72.0 Å². The zero-order valence-corrected chi connectivity index (χ0v) is 12.3. The average Bonchev–Trinajstić information content (AvgIpc) is 2.36. The van der Waals surface area contributed by atoms with Gasteiger partial charge < -0.3 is 5.32 Å². The second-order valence-corrected chi connectivity index (χ2v) is 6.55. The largest absolute Gasteiger partial charge is 0.337 e. The quantitative estimate of drug-likeness (QED) is 0.882. The van der Waals surface area contributed by atoms with E-state index < -0.39 is 15.7 Å². The van der Waals surface area contributed by atoms with Crippen molar-refractivity contribution in [2.45, 2.75) is 11.8 Å². The summed E-state index contributed by atoms with van der Waals surface area (Å²) in [5.41, 5.74) is 0.677. The van der Waals surface area contributed by atoms with Crippen LogP contribution in [0.25, 0.3) is 0 Å². The number of halogens is 2. The Bertz CT molecular complexity index is 765. The molecular weight excluding hydrogens is 305 g/mol. The minimum Gasteiger partial charge on any atom is -0.337 e. The van der Waals surface area contributed by atoms with Crippen LogP contribution in [0.1, 0.15) is 5.56 Å². The summed E-state index contributed by atoms with van der Waals surface area (Å²) in [6.45, 7) is 1.69. The van der Waals surface area contributed by atoms with E-state index in [1.165, 1.54) is 18.5 Å². The molecule has 0 amide bonds. The van der Waals surface area contributed by atoms with E-state index in [0.29, 0.717) is 11.4 Å². The van der Waals surface area contributed by atoms with Gasteiger partial charge in [-0.2, -0.15) is 0 Å². The summed E-state index contributed by atoms with van der Waals surface area (Å²) in [4.78, 5) is 7.66. The molecular formula is C12H11ClFN3O2S. The van der Waals surface area contributed by atoms with E-state index in [9.17, 15) is 12.8 Å². The summed E-state index contributed by atoms with van der Waals surface area (Å²) in [5.74, 6) is -0.335. The van der Waals surface area contributed by atoms with Crippen LogP contribution in [-0.2, 0) is 9.84 Å². The minimum absolute atomic E-state index is 0.0852. The van der Waals surface area contributed by atoms with E-state index in [-0.39, 0.29) is 15.7 Å². The summed E-state index contributed by atoms with van der Waals surface area (Å²) < 4.78 is 36.6. The van der Waals surface area contributed by atoms with Crippen molar-refractivity contribution in [2.75, 3.05) is 11.6 Å². The molecule has 0 aliphatic heterocycles. The third-order valence-corrected chi connectivity index (χ3v) is 4.14. The van der Waals surface area contributed by atoms with Crippen LogP contribution < -0.4 is 5.32 Å². The van der Waals surface area contributed by atoms with Gasteiger partial charge in [0, 0.05) is 11.8 Å². The Morgan fingerprint density at radius 2 is 2.00 bits per heavy atom. The van der Waals surface area contributed by atoms with Gasteiger partial charge in [-0.1, -0.05) is 11.6 Å². The number of aromatic nitrogens is 2. The summed E-state index contributed by atoms with van der Waals surface area (Å²) >= 11 is 5.84. The molecule has 1 N–H and O–H groups in total. The van der Waals surface area contributed by atoms with Crippen LogP contribution in [0.2, 0.25) is 5.15 Å². The second-order valence-electron chi connectivity index (χ2n) is 4.18. The Morgan fingerprint density at radius 3 is 2.60 bits per heavy atom. The fourth-order valence-corrected chi connectivity index (χ4v) is 2.28. The Kier molecular flexibility index (Phi) is 3.92. The maximum Gasteiger partial charge on any atom is 0.175 e. The summed E-state index contributed by atoms with van der Waals surface area (Å²) in [7, 11) is -3.44. The van der Waals surface area contributed by atoms with Gasteiger partial charge in [0.05, 0.1) is 10.6 Å². The number of rotatable bonds is 3. The maximum absolute atomic E-state index is 13.9. The number of nitrogens with one attached hydrogen (secondary N) is 1. The highest BCUT2D eigenvalue weighted by atomic mass is 35.5. The third-order valence-electron chi connectivity index (χ3n) is 2.64. The van der Waals surface area contributed by atoms with Crippen molar-refractivity contribution >= 4 is 32.9 Å². The van der Waals surface area contributed by atoms with E-state index in [2.05, 4.69) is 15.3 Å². The molecule has 0 aliphatic rings. The fourth-order valence-electron chi connectivity index (χ4n) is 1.51. The van der Waals surface area contributed by atoms with E-state index in [4.69, 9.17) is 11.6 Å². The molecule has 1 aromatic heterocycles. The van der Waals surface area contributed by atoms with E-state index in [1.807, 2.05) is 0 Å². The van der Waals surface area contributed by atoms with Gasteiger partial charge in [-0.05, 0) is 25.1 Å². The number of sulfone groups is 1. The van der Waals surface area contributed by atoms with Gasteiger partial charge in [-0.15, -0.1) is 0 Å². The van der Waals surface area contributed by atoms with Crippen LogP contribution >= 0.6 is 11.6 Å². The van der Waals surface area contributed by atoms with Gasteiger partial charge in [-0.25, -0.2) is 22.8 Å². The molecule has 2 rings (SSSR count). The van der Waals surface area contributed by atoms with Crippen molar-refractivity contribution in [3.8, 4) is 0 Å². The summed E-state index contributed by atoms with van der Waals surface area (Å²) in [6.07, 6.45) is 2.27. The van der Waals surface area contributed by atoms with Crippen molar-refractivity contribution < 1.29 is 12.8 Å². The molecule has 0 aliphatic carbocycles. The van der Waals surface area contributed by atoms with Crippen LogP contribution in [0.5, 0.6) is 0 Å². The third kappa shape index (κ3) is 3.05. The monoisotopic (exact) mass is 315 g/mol. The maximum atomic E-state index is 13.9. The zero-order valence-electron chi connectivity index (χ0n) is 10.7. The Balaban J connectivity index is 2.38. The standard InChI is InChI=1S/C12H11ClFN3O2S/c1-7-11(13)15-6-16-12(7)17-10-4-3-8(5-9(10)14)20(2,18)19/h3-6H,1-2H3,(H,15,16,17). The molecule has 0 atom stereocenters. The van der Waals surface area contributed by atoms with E-state index >= 15 is 0 Å². The first kappa shape index (κ1) is 14.7. The van der Waals surface area contributed by atoms with Crippen molar-refractivity contribution in [3.63, 3.8) is 0 Å². The predicted octanol–water partition coefficient (Wildman–Crippen LogP) is 2.72. The number of nitrogens with zero attached hydrogens (tertiary/aromatic N) is 2. The number of hydrogen-bond donors (Lipinski definition) is 1. The van der Waals surface area contributed by atoms with Crippen LogP contribution in [0.4, 0.5) is 15.9 Å². The molecule has 8 heteroatoms. The van der Waals surface area contributed by atoms with Gasteiger partial charge in [0.25, 0.3) is 0 Å². The molecule has 0 fully saturated rings. The van der Waals surface area contributed by atoms with Crippen molar-refractivity contribution in [1.82, 2.24) is 9.97 Å². The molecule has 0 saturated heterocycles. The summed E-state index contributed by atoms with van der Waals surface area (Å²) in [6, 6.07) is 3.61. The fraction of sp³-hybridized carbons (Fsp3) is 0.167. The summed E-state index contributed by atoms with van der Waals surface area (Å²) in [5, 5.41) is 3.01. The van der Waals surface area contributed by atoms with Crippen LogP contribution in [-0.4, -0.2) is 24.6 Å². The van der Waals surface area contributed by atoms with Gasteiger partial charge in [0.2, 0.25) is 0 Å². The van der Waals surface area contributed by atoms with Crippen molar-refractivity contribution in [3.05, 3.63) is 41.1 Å². The highest BCUT2D eigenvalue weighted by Crippen LogP contribution is 2.25. The number of anilines is 2. The molecule has 106 valence electrons. The lowest BCUT2D eigenvalue weighted by molar-refractivity contribution is 0.596. The number of benzene rings is 1. The van der Waals surface area contributed by atoms with Gasteiger partial charge in [-0.3, -0.25) is 0 Å². The molecule has 0 radical (unpaired) electrons. The molecule has 2 aromatic rings. The molecule has 0 spiro atoms. The van der Waals surface area contributed by atoms with Gasteiger partial charge in [0.1, 0.15) is 23.1 Å². The van der Waals surface area contributed by atoms with Crippen molar-refractivity contribution in [1.29, 1.82) is 0 Å². The lowest BCUT2D eigenvalue weighted by Gasteiger charge is -2.10. The molecule has 5 nitrogen and oxygen atoms in total. The van der Waals surface area contributed by atoms with Crippen LogP contribution in [0.3, 0.4) is 0 Å². The zero-order chi connectivity index (χ0) is 14.9. The molecule has 20 heavy (non-hydrogen) atoms. The number of hydrogen-bond acceptors (Lipinski definition) is 5. The Labute approximate surface area is 120 Å². The highest BCUT2D eigenvalue weighted by molar-refractivity contribution is 7.90. The Hall–Kier alpha value is -1.73. The molecule has 1 heterocycles.